The lowest BCUT2D eigenvalue weighted by atomic mass is 10.1. The van der Waals surface area contributed by atoms with Crippen LogP contribution in [0.15, 0.2) is 49.5 Å². The number of aromatic amines is 1. The number of rotatable bonds is 4. The fourth-order valence-electron chi connectivity index (χ4n) is 2.59. The molecule has 1 amide bonds. The lowest BCUT2D eigenvalue weighted by molar-refractivity contribution is -0.120. The van der Waals surface area contributed by atoms with Crippen LogP contribution in [0.5, 0.6) is 11.6 Å². The molecule has 0 saturated heterocycles. The van der Waals surface area contributed by atoms with Gasteiger partial charge in [-0.05, 0) is 65.2 Å². The molecule has 0 fully saturated rings. The molecule has 0 aliphatic heterocycles. The Bertz CT molecular complexity index is 1010. The molecule has 8 heteroatoms. The number of hydrogen-bond acceptors (Lipinski definition) is 4. The van der Waals surface area contributed by atoms with Gasteiger partial charge >= 0.3 is 5.91 Å². The number of amides is 1. The normalized spacial score (nSPS) is 11.4. The average molecular weight is 481 g/mol. The van der Waals surface area contributed by atoms with E-state index in [0.717, 1.165) is 20.1 Å². The van der Waals surface area contributed by atoms with Gasteiger partial charge in [0.2, 0.25) is 5.88 Å². The molecule has 0 aliphatic rings. The van der Waals surface area contributed by atoms with Crippen LogP contribution < -0.4 is 4.74 Å². The lowest BCUT2D eigenvalue weighted by Gasteiger charge is -2.05. The van der Waals surface area contributed by atoms with E-state index in [2.05, 4.69) is 47.1 Å². The molecule has 0 bridgehead atoms. The number of fused-ring (bicyclic) bond motifs is 1. The summed E-state index contributed by atoms with van der Waals surface area (Å²) in [7, 11) is 0. The van der Waals surface area contributed by atoms with Crippen molar-refractivity contribution in [3.8, 4) is 11.6 Å². The number of nitrogens with one attached hydrogen (secondary N) is 1. The Labute approximate surface area is 166 Å². The number of ether oxygens (including phenoxy) is 1. The van der Waals surface area contributed by atoms with E-state index in [9.17, 15) is 9.90 Å². The molecular weight excluding hydrogens is 466 g/mol. The van der Waals surface area contributed by atoms with Gasteiger partial charge in [0.15, 0.2) is 12.3 Å². The Morgan fingerprint density at radius 2 is 1.85 bits per heavy atom. The van der Waals surface area contributed by atoms with E-state index in [-0.39, 0.29) is 18.2 Å². The van der Waals surface area contributed by atoms with Gasteiger partial charge in [0.1, 0.15) is 5.75 Å². The maximum atomic E-state index is 12.0. The minimum Gasteiger partial charge on any atom is -0.493 e. The van der Waals surface area contributed by atoms with Crippen LogP contribution >= 0.6 is 31.9 Å². The Kier molecular flexibility index (Phi) is 5.43. The number of nitrogens with zero attached hydrogens (tertiary/aromatic N) is 2. The number of aromatic nitrogens is 1. The third-order valence-electron chi connectivity index (χ3n) is 3.60. The highest BCUT2D eigenvalue weighted by Gasteiger charge is 2.14. The summed E-state index contributed by atoms with van der Waals surface area (Å²) in [6.07, 6.45) is 0. The van der Waals surface area contributed by atoms with Crippen LogP contribution in [0.2, 0.25) is 0 Å². The number of aromatic hydroxyl groups is 1. The van der Waals surface area contributed by atoms with E-state index in [1.54, 1.807) is 6.07 Å². The zero-order valence-corrected chi connectivity index (χ0v) is 17.2. The number of H-pyrrole nitrogens is 1. The largest absolute Gasteiger partial charge is 0.493 e. The number of hydrogen-bond donors (Lipinski definition) is 2. The Hall–Kier alpha value is -2.19. The number of benzene rings is 2. The molecule has 1 aromatic heterocycles. The van der Waals surface area contributed by atoms with Crippen molar-refractivity contribution >= 4 is 54.4 Å². The first-order valence-corrected chi connectivity index (χ1v) is 9.27. The first-order chi connectivity index (χ1) is 12.3. The minimum atomic E-state index is -0.549. The van der Waals surface area contributed by atoms with Gasteiger partial charge in [0.05, 0.1) is 5.52 Å². The molecule has 0 saturated carbocycles. The summed E-state index contributed by atoms with van der Waals surface area (Å²) >= 11 is 6.79. The number of halogens is 2. The highest BCUT2D eigenvalue weighted by atomic mass is 79.9. The Balaban J connectivity index is 1.76. The molecule has 3 aromatic rings. The summed E-state index contributed by atoms with van der Waals surface area (Å²) in [5.74, 6) is -0.105. The standard InChI is InChI=1S/C18H15Br2N3O3/c1-9-3-10(2)5-12(4-9)26-8-15(24)22-23-17-13-6-11(19)7-14(20)16(13)21-18(17)25/h3-7,21,25H,8H2,1-2H3. The molecule has 2 aromatic carbocycles. The van der Waals surface area contributed by atoms with E-state index >= 15 is 0 Å². The molecule has 0 spiro atoms. The molecule has 0 atom stereocenters. The van der Waals surface area contributed by atoms with Crippen LogP contribution in [-0.4, -0.2) is 22.6 Å². The minimum absolute atomic E-state index is 0.162. The molecule has 3 rings (SSSR count). The fourth-order valence-corrected chi connectivity index (χ4v) is 3.91. The number of carbonyl (C=O) groups excluding carboxylic acids is 1. The second-order valence-corrected chi connectivity index (χ2v) is 7.61. The molecule has 2 N–H and O–H groups in total. The third kappa shape index (κ3) is 4.13. The van der Waals surface area contributed by atoms with Crippen molar-refractivity contribution in [1.82, 2.24) is 4.98 Å². The van der Waals surface area contributed by atoms with E-state index < -0.39 is 5.91 Å². The number of azo groups is 1. The Morgan fingerprint density at radius 1 is 1.15 bits per heavy atom. The Morgan fingerprint density at radius 3 is 2.54 bits per heavy atom. The molecule has 6 nitrogen and oxygen atoms in total. The van der Waals surface area contributed by atoms with E-state index in [1.807, 2.05) is 38.1 Å². The fraction of sp³-hybridized carbons (Fsp3) is 0.167. The van der Waals surface area contributed by atoms with Gasteiger partial charge in [-0.25, -0.2) is 0 Å². The van der Waals surface area contributed by atoms with Gasteiger partial charge in [0.25, 0.3) is 0 Å². The van der Waals surface area contributed by atoms with Crippen LogP contribution in [-0.2, 0) is 4.79 Å². The van der Waals surface area contributed by atoms with Crippen LogP contribution in [0.25, 0.3) is 10.9 Å². The average Bonchev–Trinajstić information content (AvgIpc) is 2.86. The van der Waals surface area contributed by atoms with Gasteiger partial charge in [-0.2, -0.15) is 0 Å². The molecular formula is C18H15Br2N3O3. The maximum absolute atomic E-state index is 12.0. The van der Waals surface area contributed by atoms with Crippen LogP contribution in [0, 0.1) is 13.8 Å². The first kappa shape index (κ1) is 18.6. The monoisotopic (exact) mass is 479 g/mol. The van der Waals surface area contributed by atoms with Gasteiger partial charge in [-0.1, -0.05) is 22.0 Å². The van der Waals surface area contributed by atoms with Crippen molar-refractivity contribution in [2.45, 2.75) is 13.8 Å². The number of aryl methyl sites for hydroxylation is 2. The second-order valence-electron chi connectivity index (χ2n) is 5.84. The predicted molar refractivity (Wildman–Crippen MR) is 106 cm³/mol. The lowest BCUT2D eigenvalue weighted by Crippen LogP contribution is -2.08. The van der Waals surface area contributed by atoms with Gasteiger partial charge < -0.3 is 14.8 Å². The van der Waals surface area contributed by atoms with Crippen molar-refractivity contribution in [1.29, 1.82) is 0 Å². The van der Waals surface area contributed by atoms with Gasteiger partial charge in [0, 0.05) is 14.3 Å². The highest BCUT2D eigenvalue weighted by molar-refractivity contribution is 9.11. The van der Waals surface area contributed by atoms with E-state index in [4.69, 9.17) is 4.74 Å². The third-order valence-corrected chi connectivity index (χ3v) is 4.68. The summed E-state index contributed by atoms with van der Waals surface area (Å²) < 4.78 is 7.02. The van der Waals surface area contributed by atoms with Crippen LogP contribution in [0.4, 0.5) is 5.69 Å². The smallest absolute Gasteiger partial charge is 0.302 e. The molecule has 0 aliphatic carbocycles. The van der Waals surface area contributed by atoms with Crippen LogP contribution in [0.3, 0.4) is 0 Å². The van der Waals surface area contributed by atoms with E-state index in [0.29, 0.717) is 16.7 Å². The van der Waals surface area contributed by atoms with Gasteiger partial charge in [-0.3, -0.25) is 4.79 Å². The molecule has 1 heterocycles. The van der Waals surface area contributed by atoms with Gasteiger partial charge in [-0.15, -0.1) is 10.2 Å². The molecule has 26 heavy (non-hydrogen) atoms. The quantitative estimate of drug-likeness (QED) is 0.469. The number of carbonyl (C=O) groups is 1. The summed E-state index contributed by atoms with van der Waals surface area (Å²) in [6.45, 7) is 3.68. The SMILES string of the molecule is Cc1cc(C)cc(OCC(=O)N=Nc2c(O)[nH]c3c(Br)cc(Br)cc23)c1. The van der Waals surface area contributed by atoms with Crippen molar-refractivity contribution in [2.24, 2.45) is 10.2 Å². The first-order valence-electron chi connectivity index (χ1n) is 7.69. The zero-order chi connectivity index (χ0) is 18.8. The summed E-state index contributed by atoms with van der Waals surface area (Å²) in [4.78, 5) is 14.8. The van der Waals surface area contributed by atoms with Crippen molar-refractivity contribution in [3.05, 3.63) is 50.4 Å². The zero-order valence-electron chi connectivity index (χ0n) is 14.0. The molecule has 134 valence electrons. The highest BCUT2D eigenvalue weighted by Crippen LogP contribution is 2.40. The summed E-state index contributed by atoms with van der Waals surface area (Å²) in [5.41, 5.74) is 2.96. The summed E-state index contributed by atoms with van der Waals surface area (Å²) in [6, 6.07) is 9.32. The van der Waals surface area contributed by atoms with Crippen molar-refractivity contribution in [3.63, 3.8) is 0 Å². The van der Waals surface area contributed by atoms with Crippen LogP contribution in [0.1, 0.15) is 11.1 Å². The van der Waals surface area contributed by atoms with Crippen molar-refractivity contribution < 1.29 is 14.6 Å². The predicted octanol–water partition coefficient (Wildman–Crippen LogP) is 5.70. The second kappa shape index (κ2) is 7.59. The maximum Gasteiger partial charge on any atom is 0.302 e. The molecule has 0 radical (unpaired) electrons. The van der Waals surface area contributed by atoms with E-state index in [1.165, 1.54) is 0 Å². The van der Waals surface area contributed by atoms with Crippen molar-refractivity contribution in [2.75, 3.05) is 6.61 Å². The topological polar surface area (TPSA) is 87.0 Å². The summed E-state index contributed by atoms with van der Waals surface area (Å²) in [5, 5.41) is 18.2. The molecule has 0 unspecified atom stereocenters.